The summed E-state index contributed by atoms with van der Waals surface area (Å²) >= 11 is 3.90. The van der Waals surface area contributed by atoms with E-state index in [0.717, 1.165) is 0 Å². The van der Waals surface area contributed by atoms with Crippen LogP contribution >= 0.6 is 12.6 Å². The summed E-state index contributed by atoms with van der Waals surface area (Å²) in [7, 11) is 0. The number of nitrogens with two attached hydrogens (primary N) is 2. The summed E-state index contributed by atoms with van der Waals surface area (Å²) in [6, 6.07) is 3.45. The molecule has 1 aromatic rings. The molecule has 0 radical (unpaired) electrons. The average molecular weight is 297 g/mol. The van der Waals surface area contributed by atoms with E-state index in [9.17, 15) is 14.4 Å². The van der Waals surface area contributed by atoms with Crippen LogP contribution in [0.5, 0.6) is 0 Å². The minimum absolute atomic E-state index is 0.0986. The molecule has 0 saturated carbocycles. The summed E-state index contributed by atoms with van der Waals surface area (Å²) in [5, 5.41) is 2.51. The molecule has 0 fully saturated rings. The Kier molecular flexibility index (Phi) is 8.26. The third kappa shape index (κ3) is 5.02. The molecule has 1 rings (SSSR count). The molecule has 0 saturated heterocycles. The number of aldehydes is 1. The number of carbonyl (C=O) groups excluding carboxylic acids is 3. The smallest absolute Gasteiger partial charge is 0.249 e. The van der Waals surface area contributed by atoms with Crippen molar-refractivity contribution >= 4 is 36.4 Å². The van der Waals surface area contributed by atoms with E-state index in [-0.39, 0.29) is 16.9 Å². The van der Waals surface area contributed by atoms with E-state index in [1.807, 2.05) is 13.8 Å². The number of primary amides is 1. The molecular weight excluding hydrogens is 278 g/mol. The molecule has 0 heterocycles. The fraction of sp³-hybridized carbons (Fsp3) is 0.308. The molecule has 0 spiro atoms. The third-order valence-corrected chi connectivity index (χ3v) is 2.64. The van der Waals surface area contributed by atoms with Gasteiger partial charge in [0.25, 0.3) is 0 Å². The molecule has 1 aromatic carbocycles. The zero-order valence-corrected chi connectivity index (χ0v) is 12.3. The Morgan fingerprint density at radius 1 is 1.40 bits per heavy atom. The Hall–Kier alpha value is -1.86. The molecule has 5 N–H and O–H groups in total. The maximum Gasteiger partial charge on any atom is 0.249 e. The number of thiol groups is 1. The van der Waals surface area contributed by atoms with E-state index in [2.05, 4.69) is 17.9 Å². The van der Waals surface area contributed by atoms with E-state index in [1.165, 1.54) is 18.2 Å². The van der Waals surface area contributed by atoms with Gasteiger partial charge >= 0.3 is 0 Å². The van der Waals surface area contributed by atoms with Crippen molar-refractivity contribution in [3.8, 4) is 0 Å². The predicted octanol–water partition coefficient (Wildman–Crippen LogP) is 0.820. The van der Waals surface area contributed by atoms with Gasteiger partial charge in [0.1, 0.15) is 0 Å². The summed E-state index contributed by atoms with van der Waals surface area (Å²) < 4.78 is 0. The molecule has 1 unspecified atom stereocenters. The van der Waals surface area contributed by atoms with Gasteiger partial charge in [0.2, 0.25) is 11.8 Å². The largest absolute Gasteiger partial charge is 0.366 e. The van der Waals surface area contributed by atoms with Crippen molar-refractivity contribution in [1.29, 1.82) is 0 Å². The van der Waals surface area contributed by atoms with Gasteiger partial charge in [-0.2, -0.15) is 12.6 Å². The van der Waals surface area contributed by atoms with Crippen LogP contribution in [0.3, 0.4) is 0 Å². The molecule has 20 heavy (non-hydrogen) atoms. The molecule has 1 atom stereocenters. The van der Waals surface area contributed by atoms with E-state index in [1.54, 1.807) is 0 Å². The van der Waals surface area contributed by atoms with Crippen LogP contribution < -0.4 is 16.8 Å². The molecule has 0 aliphatic heterocycles. The van der Waals surface area contributed by atoms with Crippen LogP contribution in [0, 0.1) is 0 Å². The first-order chi connectivity index (χ1) is 9.49. The Morgan fingerprint density at radius 3 is 2.45 bits per heavy atom. The Balaban J connectivity index is 0.00000172. The second kappa shape index (κ2) is 9.11. The quantitative estimate of drug-likeness (QED) is 0.475. The Bertz CT molecular complexity index is 492. The highest BCUT2D eigenvalue weighted by Gasteiger charge is 2.13. The fourth-order valence-electron chi connectivity index (χ4n) is 1.28. The maximum atomic E-state index is 11.5. The monoisotopic (exact) mass is 297 g/mol. The number of carbonyl (C=O) groups is 3. The first-order valence-electron chi connectivity index (χ1n) is 6.06. The number of hydrogen-bond donors (Lipinski definition) is 4. The van der Waals surface area contributed by atoms with Gasteiger partial charge in [-0.15, -0.1) is 0 Å². The number of hydrogen-bond acceptors (Lipinski definition) is 5. The fourth-order valence-corrected chi connectivity index (χ4v) is 1.45. The standard InChI is InChI=1S/C11H13N3O3S.C2H6/c12-9(5-18)11(17)14-7-1-2-8(10(13)16)6(3-7)4-15;1-2/h1-4,9,18H,5,12H2,(H2,13,16)(H,14,17);1-2H3. The van der Waals surface area contributed by atoms with Crippen LogP contribution in [-0.2, 0) is 4.79 Å². The molecule has 0 bridgehead atoms. The van der Waals surface area contributed by atoms with Gasteiger partial charge in [-0.1, -0.05) is 13.8 Å². The lowest BCUT2D eigenvalue weighted by molar-refractivity contribution is -0.116. The van der Waals surface area contributed by atoms with Gasteiger partial charge < -0.3 is 16.8 Å². The normalized spacial score (nSPS) is 10.8. The lowest BCUT2D eigenvalue weighted by atomic mass is 10.1. The van der Waals surface area contributed by atoms with Gasteiger partial charge in [0.05, 0.1) is 6.04 Å². The third-order valence-electron chi connectivity index (χ3n) is 2.24. The van der Waals surface area contributed by atoms with E-state index in [0.29, 0.717) is 12.0 Å². The number of rotatable bonds is 5. The van der Waals surface area contributed by atoms with Crippen molar-refractivity contribution in [2.75, 3.05) is 11.1 Å². The van der Waals surface area contributed by atoms with Crippen molar-refractivity contribution in [3.63, 3.8) is 0 Å². The van der Waals surface area contributed by atoms with E-state index in [4.69, 9.17) is 11.5 Å². The molecule has 6 nitrogen and oxygen atoms in total. The molecule has 2 amide bonds. The van der Waals surface area contributed by atoms with Crippen molar-refractivity contribution < 1.29 is 14.4 Å². The van der Waals surface area contributed by atoms with Crippen molar-refractivity contribution in [2.45, 2.75) is 19.9 Å². The first kappa shape index (κ1) is 18.1. The molecule has 0 aromatic heterocycles. The van der Waals surface area contributed by atoms with Crippen LogP contribution in [0.2, 0.25) is 0 Å². The summed E-state index contributed by atoms with van der Waals surface area (Å²) in [5.41, 5.74) is 11.2. The maximum absolute atomic E-state index is 11.5. The highest BCUT2D eigenvalue weighted by molar-refractivity contribution is 7.80. The molecule has 110 valence electrons. The van der Waals surface area contributed by atoms with Crippen molar-refractivity contribution in [1.82, 2.24) is 0 Å². The summed E-state index contributed by atoms with van der Waals surface area (Å²) in [6.45, 7) is 4.00. The number of amides is 2. The molecule has 0 aliphatic rings. The topological polar surface area (TPSA) is 115 Å². The van der Waals surface area contributed by atoms with E-state index < -0.39 is 17.9 Å². The van der Waals surface area contributed by atoms with Crippen LogP contribution in [0.25, 0.3) is 0 Å². The minimum Gasteiger partial charge on any atom is -0.366 e. The van der Waals surface area contributed by atoms with E-state index >= 15 is 0 Å². The van der Waals surface area contributed by atoms with Crippen LogP contribution in [0.1, 0.15) is 34.6 Å². The van der Waals surface area contributed by atoms with Crippen molar-refractivity contribution in [3.05, 3.63) is 29.3 Å². The van der Waals surface area contributed by atoms with Gasteiger partial charge in [0.15, 0.2) is 6.29 Å². The van der Waals surface area contributed by atoms with Gasteiger partial charge in [-0.3, -0.25) is 14.4 Å². The second-order valence-electron chi connectivity index (χ2n) is 3.56. The van der Waals surface area contributed by atoms with Crippen LogP contribution in [-0.4, -0.2) is 29.9 Å². The van der Waals surface area contributed by atoms with Gasteiger partial charge in [0, 0.05) is 22.6 Å². The van der Waals surface area contributed by atoms with Crippen LogP contribution in [0.4, 0.5) is 5.69 Å². The zero-order valence-electron chi connectivity index (χ0n) is 11.4. The molecular formula is C13H19N3O3S. The van der Waals surface area contributed by atoms with Gasteiger partial charge in [-0.25, -0.2) is 0 Å². The Labute approximate surface area is 123 Å². The number of benzene rings is 1. The lowest BCUT2D eigenvalue weighted by Crippen LogP contribution is -2.37. The lowest BCUT2D eigenvalue weighted by Gasteiger charge is -2.10. The predicted molar refractivity (Wildman–Crippen MR) is 82.2 cm³/mol. The Morgan fingerprint density at radius 2 is 2.00 bits per heavy atom. The SMILES string of the molecule is CC.NC(=O)c1ccc(NC(=O)C(N)CS)cc1C=O. The van der Waals surface area contributed by atoms with Gasteiger partial charge in [-0.05, 0) is 18.2 Å². The highest BCUT2D eigenvalue weighted by Crippen LogP contribution is 2.14. The van der Waals surface area contributed by atoms with Crippen molar-refractivity contribution in [2.24, 2.45) is 11.5 Å². The van der Waals surface area contributed by atoms with Crippen LogP contribution in [0.15, 0.2) is 18.2 Å². The number of anilines is 1. The molecule has 7 heteroatoms. The second-order valence-corrected chi connectivity index (χ2v) is 3.93. The highest BCUT2D eigenvalue weighted by atomic mass is 32.1. The first-order valence-corrected chi connectivity index (χ1v) is 6.69. The summed E-state index contributed by atoms with van der Waals surface area (Å²) in [5.74, 6) is -0.929. The summed E-state index contributed by atoms with van der Waals surface area (Å²) in [4.78, 5) is 33.3. The minimum atomic E-state index is -0.746. The average Bonchev–Trinajstić information content (AvgIpc) is 2.47. The summed E-state index contributed by atoms with van der Waals surface area (Å²) in [6.07, 6.45) is 0.494. The molecule has 0 aliphatic carbocycles. The zero-order chi connectivity index (χ0) is 15.7. The number of nitrogens with one attached hydrogen (secondary N) is 1.